The molecule has 0 atom stereocenters. The number of carbonyl (C=O) groups excluding carboxylic acids is 1. The molecule has 0 bridgehead atoms. The highest BCUT2D eigenvalue weighted by Gasteiger charge is 2.23. The predicted octanol–water partition coefficient (Wildman–Crippen LogP) is 0.541. The molecule has 0 spiro atoms. The first-order valence-corrected chi connectivity index (χ1v) is 7.98. The molecule has 0 saturated carbocycles. The number of nitrogens with zero attached hydrogens (tertiary/aromatic N) is 1. The van der Waals surface area contributed by atoms with Gasteiger partial charge in [0.05, 0.1) is 10.6 Å². The topological polar surface area (TPSA) is 80.5 Å². The summed E-state index contributed by atoms with van der Waals surface area (Å²) in [5, 5.41) is 0. The molecule has 19 heavy (non-hydrogen) atoms. The Bertz CT molecular complexity index is 569. The first kappa shape index (κ1) is 14.0. The van der Waals surface area contributed by atoms with Gasteiger partial charge < -0.3 is 10.6 Å². The Morgan fingerprint density at radius 1 is 1.32 bits per heavy atom. The van der Waals surface area contributed by atoms with Crippen LogP contribution in [0.15, 0.2) is 29.2 Å². The maximum absolute atomic E-state index is 12.2. The lowest BCUT2D eigenvalue weighted by Gasteiger charge is -2.15. The number of carbonyl (C=O) groups is 1. The van der Waals surface area contributed by atoms with E-state index in [4.69, 9.17) is 5.73 Å². The average Bonchev–Trinajstić information content (AvgIpc) is 2.82. The smallest absolute Gasteiger partial charge is 0.222 e. The highest BCUT2D eigenvalue weighted by Crippen LogP contribution is 2.15. The van der Waals surface area contributed by atoms with E-state index < -0.39 is 9.84 Å². The number of hydrogen-bond acceptors (Lipinski definition) is 4. The molecule has 1 aromatic rings. The van der Waals surface area contributed by atoms with Crippen molar-refractivity contribution in [3.63, 3.8) is 0 Å². The van der Waals surface area contributed by atoms with E-state index in [0.29, 0.717) is 19.5 Å². The third-order valence-electron chi connectivity index (χ3n) is 3.29. The molecule has 1 aromatic carbocycles. The summed E-state index contributed by atoms with van der Waals surface area (Å²) < 4.78 is 24.4. The Morgan fingerprint density at radius 2 is 2.11 bits per heavy atom. The second kappa shape index (κ2) is 5.71. The number of rotatable bonds is 5. The lowest BCUT2D eigenvalue weighted by atomic mass is 10.2. The molecular weight excluding hydrogens is 264 g/mol. The summed E-state index contributed by atoms with van der Waals surface area (Å²) in [6.07, 6.45) is 1.35. The standard InChI is InChI=1S/C13H18N2O3S/c14-10-11-3-1-4-12(9-11)19(17,18)8-7-15-6-2-5-13(15)16/h1,3-4,9H,2,5-8,10,14H2. The van der Waals surface area contributed by atoms with Crippen LogP contribution in [0.1, 0.15) is 18.4 Å². The summed E-state index contributed by atoms with van der Waals surface area (Å²) in [6.45, 7) is 1.25. The zero-order valence-electron chi connectivity index (χ0n) is 10.7. The van der Waals surface area contributed by atoms with Crippen molar-refractivity contribution in [3.05, 3.63) is 29.8 Å². The highest BCUT2D eigenvalue weighted by atomic mass is 32.2. The molecule has 2 rings (SSSR count). The normalized spacial score (nSPS) is 16.1. The molecule has 0 aliphatic carbocycles. The highest BCUT2D eigenvalue weighted by molar-refractivity contribution is 7.91. The van der Waals surface area contributed by atoms with Crippen molar-refractivity contribution < 1.29 is 13.2 Å². The molecule has 1 amide bonds. The van der Waals surface area contributed by atoms with Gasteiger partial charge >= 0.3 is 0 Å². The number of amides is 1. The third-order valence-corrected chi connectivity index (χ3v) is 4.99. The van der Waals surface area contributed by atoms with Crippen LogP contribution in [0.4, 0.5) is 0 Å². The van der Waals surface area contributed by atoms with Crippen LogP contribution in [0.3, 0.4) is 0 Å². The van der Waals surface area contributed by atoms with Crippen LogP contribution in [0, 0.1) is 0 Å². The SMILES string of the molecule is NCc1cccc(S(=O)(=O)CCN2CCCC2=O)c1. The molecule has 6 heteroatoms. The fourth-order valence-corrected chi connectivity index (χ4v) is 3.47. The molecular formula is C13H18N2O3S. The van der Waals surface area contributed by atoms with Gasteiger partial charge in [0.1, 0.15) is 0 Å². The fourth-order valence-electron chi connectivity index (χ4n) is 2.15. The average molecular weight is 282 g/mol. The summed E-state index contributed by atoms with van der Waals surface area (Å²) in [6, 6.07) is 6.65. The van der Waals surface area contributed by atoms with Crippen molar-refractivity contribution in [1.82, 2.24) is 4.90 Å². The second-order valence-corrected chi connectivity index (χ2v) is 6.76. The lowest BCUT2D eigenvalue weighted by Crippen LogP contribution is -2.30. The number of sulfone groups is 1. The van der Waals surface area contributed by atoms with Gasteiger partial charge in [-0.15, -0.1) is 0 Å². The van der Waals surface area contributed by atoms with Crippen LogP contribution in [0.5, 0.6) is 0 Å². The number of nitrogens with two attached hydrogens (primary N) is 1. The minimum atomic E-state index is -3.35. The van der Waals surface area contributed by atoms with Crippen LogP contribution < -0.4 is 5.73 Å². The van der Waals surface area contributed by atoms with Gasteiger partial charge in [0.2, 0.25) is 5.91 Å². The van der Waals surface area contributed by atoms with Crippen LogP contribution in [0.25, 0.3) is 0 Å². The van der Waals surface area contributed by atoms with Gasteiger partial charge in [-0.2, -0.15) is 0 Å². The Labute approximate surface area is 113 Å². The van der Waals surface area contributed by atoms with Gasteiger partial charge in [0, 0.05) is 26.1 Å². The Balaban J connectivity index is 2.07. The van der Waals surface area contributed by atoms with Gasteiger partial charge in [-0.25, -0.2) is 8.42 Å². The summed E-state index contributed by atoms with van der Waals surface area (Å²) >= 11 is 0. The van der Waals surface area contributed by atoms with Gasteiger partial charge in [-0.1, -0.05) is 12.1 Å². The monoisotopic (exact) mass is 282 g/mol. The fraction of sp³-hybridized carbons (Fsp3) is 0.462. The Kier molecular flexibility index (Phi) is 4.21. The Morgan fingerprint density at radius 3 is 2.74 bits per heavy atom. The predicted molar refractivity (Wildman–Crippen MR) is 72.2 cm³/mol. The molecule has 1 aliphatic heterocycles. The molecule has 2 N–H and O–H groups in total. The summed E-state index contributed by atoms with van der Waals surface area (Å²) in [5.41, 5.74) is 6.30. The van der Waals surface area contributed by atoms with Gasteiger partial charge in [-0.05, 0) is 24.1 Å². The molecule has 0 unspecified atom stereocenters. The zero-order valence-corrected chi connectivity index (χ0v) is 11.5. The molecule has 1 heterocycles. The summed E-state index contributed by atoms with van der Waals surface area (Å²) in [5.74, 6) is 0.0122. The summed E-state index contributed by atoms with van der Waals surface area (Å²) in [4.78, 5) is 13.3. The maximum Gasteiger partial charge on any atom is 0.222 e. The third kappa shape index (κ3) is 3.33. The van der Waals surface area contributed by atoms with E-state index in [9.17, 15) is 13.2 Å². The summed E-state index contributed by atoms with van der Waals surface area (Å²) in [7, 11) is -3.35. The minimum Gasteiger partial charge on any atom is -0.342 e. The number of hydrogen-bond donors (Lipinski definition) is 1. The van der Waals surface area contributed by atoms with E-state index >= 15 is 0 Å². The van der Waals surface area contributed by atoms with Crippen molar-refractivity contribution in [3.8, 4) is 0 Å². The van der Waals surface area contributed by atoms with Crippen LogP contribution in [0.2, 0.25) is 0 Å². The lowest BCUT2D eigenvalue weighted by molar-refractivity contribution is -0.127. The van der Waals surface area contributed by atoms with E-state index in [1.165, 1.54) is 0 Å². The first-order chi connectivity index (χ1) is 9.03. The molecule has 104 valence electrons. The molecule has 5 nitrogen and oxygen atoms in total. The van der Waals surface area contributed by atoms with Crippen molar-refractivity contribution in [2.24, 2.45) is 5.73 Å². The van der Waals surface area contributed by atoms with Crippen molar-refractivity contribution in [2.45, 2.75) is 24.3 Å². The number of benzene rings is 1. The van der Waals surface area contributed by atoms with E-state index in [1.54, 1.807) is 29.2 Å². The van der Waals surface area contributed by atoms with Crippen molar-refractivity contribution >= 4 is 15.7 Å². The zero-order chi connectivity index (χ0) is 13.9. The van der Waals surface area contributed by atoms with Crippen molar-refractivity contribution in [2.75, 3.05) is 18.8 Å². The first-order valence-electron chi connectivity index (χ1n) is 6.32. The van der Waals surface area contributed by atoms with Crippen LogP contribution in [-0.2, 0) is 21.2 Å². The Hall–Kier alpha value is -1.40. The van der Waals surface area contributed by atoms with Crippen molar-refractivity contribution in [1.29, 1.82) is 0 Å². The van der Waals surface area contributed by atoms with E-state index in [-0.39, 0.29) is 23.1 Å². The maximum atomic E-state index is 12.2. The molecule has 0 radical (unpaired) electrons. The quantitative estimate of drug-likeness (QED) is 0.855. The van der Waals surface area contributed by atoms with Gasteiger partial charge in [-0.3, -0.25) is 4.79 Å². The second-order valence-electron chi connectivity index (χ2n) is 4.65. The van der Waals surface area contributed by atoms with E-state index in [1.807, 2.05) is 0 Å². The number of likely N-dealkylation sites (tertiary alicyclic amines) is 1. The van der Waals surface area contributed by atoms with Crippen LogP contribution in [-0.4, -0.2) is 38.1 Å². The van der Waals surface area contributed by atoms with E-state index in [2.05, 4.69) is 0 Å². The molecule has 0 aromatic heterocycles. The largest absolute Gasteiger partial charge is 0.342 e. The molecule has 1 fully saturated rings. The molecule has 1 aliphatic rings. The van der Waals surface area contributed by atoms with E-state index in [0.717, 1.165) is 12.0 Å². The van der Waals surface area contributed by atoms with Gasteiger partial charge in [0.15, 0.2) is 9.84 Å². The minimum absolute atomic E-state index is 0.0350. The van der Waals surface area contributed by atoms with Gasteiger partial charge in [0.25, 0.3) is 0 Å². The van der Waals surface area contributed by atoms with Crippen LogP contribution >= 0.6 is 0 Å². The molecule has 1 saturated heterocycles.